The van der Waals surface area contributed by atoms with Gasteiger partial charge in [-0.2, -0.15) is 0 Å². The van der Waals surface area contributed by atoms with Crippen molar-refractivity contribution in [2.45, 2.75) is 12.8 Å². The van der Waals surface area contributed by atoms with Crippen LogP contribution in [0.5, 0.6) is 0 Å². The smallest absolute Gasteiger partial charge is 0.253 e. The van der Waals surface area contributed by atoms with Crippen molar-refractivity contribution in [1.82, 2.24) is 15.1 Å². The summed E-state index contributed by atoms with van der Waals surface area (Å²) >= 11 is 0. The number of nitrogens with zero attached hydrogens (tertiary/aromatic N) is 2. The summed E-state index contributed by atoms with van der Waals surface area (Å²) in [6.45, 7) is 2.11. The summed E-state index contributed by atoms with van der Waals surface area (Å²) < 4.78 is 0. The molecule has 2 aliphatic heterocycles. The molecule has 7 heteroatoms. The lowest BCUT2D eigenvalue weighted by Gasteiger charge is -2.15. The Kier molecular flexibility index (Phi) is 4.99. The van der Waals surface area contributed by atoms with E-state index in [-0.39, 0.29) is 23.6 Å². The Bertz CT molecular complexity index is 442. The van der Waals surface area contributed by atoms with Gasteiger partial charge in [0.05, 0.1) is 0 Å². The van der Waals surface area contributed by atoms with Gasteiger partial charge in [-0.1, -0.05) is 0 Å². The second kappa shape index (κ2) is 6.94. The van der Waals surface area contributed by atoms with Gasteiger partial charge in [-0.3, -0.25) is 29.0 Å². The molecule has 2 rings (SSSR count). The van der Waals surface area contributed by atoms with Gasteiger partial charge >= 0.3 is 0 Å². The van der Waals surface area contributed by atoms with Gasteiger partial charge in [-0.15, -0.1) is 0 Å². The minimum absolute atomic E-state index is 0.265. The van der Waals surface area contributed by atoms with Crippen LogP contribution in [0.15, 0.2) is 24.3 Å². The standard InChI is InChI=1S/C14H17N3O4/c18-11-3-4-12(19)16(11)9-1-7-15-8-2-10-17-13(20)5-6-14(17)21/h3-6,15H,1-2,7-10H2. The van der Waals surface area contributed by atoms with Gasteiger partial charge in [0.1, 0.15) is 0 Å². The maximum Gasteiger partial charge on any atom is 0.253 e. The molecule has 2 heterocycles. The van der Waals surface area contributed by atoms with E-state index < -0.39 is 0 Å². The van der Waals surface area contributed by atoms with Crippen LogP contribution in [-0.4, -0.2) is 59.6 Å². The van der Waals surface area contributed by atoms with Crippen LogP contribution in [-0.2, 0) is 19.2 Å². The van der Waals surface area contributed by atoms with Crippen molar-refractivity contribution >= 4 is 23.6 Å². The van der Waals surface area contributed by atoms with Gasteiger partial charge < -0.3 is 5.32 Å². The van der Waals surface area contributed by atoms with Crippen molar-refractivity contribution in [1.29, 1.82) is 0 Å². The number of amides is 4. The van der Waals surface area contributed by atoms with E-state index in [0.29, 0.717) is 39.0 Å². The quantitative estimate of drug-likeness (QED) is 0.467. The Morgan fingerprint density at radius 3 is 1.33 bits per heavy atom. The Hall–Kier alpha value is -2.28. The molecule has 2 aliphatic rings. The van der Waals surface area contributed by atoms with E-state index in [1.165, 1.54) is 34.1 Å². The Morgan fingerprint density at radius 1 is 0.667 bits per heavy atom. The first-order valence-electron chi connectivity index (χ1n) is 6.87. The number of carbonyl (C=O) groups excluding carboxylic acids is 4. The highest BCUT2D eigenvalue weighted by Crippen LogP contribution is 2.04. The van der Waals surface area contributed by atoms with Crippen molar-refractivity contribution in [3.63, 3.8) is 0 Å². The van der Waals surface area contributed by atoms with Gasteiger partial charge in [0.15, 0.2) is 0 Å². The first kappa shape index (κ1) is 15.1. The van der Waals surface area contributed by atoms with Crippen LogP contribution in [0.3, 0.4) is 0 Å². The van der Waals surface area contributed by atoms with E-state index in [4.69, 9.17) is 0 Å². The largest absolute Gasteiger partial charge is 0.317 e. The minimum Gasteiger partial charge on any atom is -0.317 e. The maximum absolute atomic E-state index is 11.3. The van der Waals surface area contributed by atoms with Crippen molar-refractivity contribution in [2.75, 3.05) is 26.2 Å². The monoisotopic (exact) mass is 291 g/mol. The fraction of sp³-hybridized carbons (Fsp3) is 0.429. The van der Waals surface area contributed by atoms with Crippen LogP contribution in [0.4, 0.5) is 0 Å². The second-order valence-electron chi connectivity index (χ2n) is 4.78. The number of rotatable bonds is 8. The molecule has 0 aromatic rings. The zero-order chi connectivity index (χ0) is 15.2. The molecule has 21 heavy (non-hydrogen) atoms. The lowest BCUT2D eigenvalue weighted by atomic mass is 10.3. The van der Waals surface area contributed by atoms with Crippen LogP contribution in [0.2, 0.25) is 0 Å². The molecule has 0 fully saturated rings. The van der Waals surface area contributed by atoms with Crippen molar-refractivity contribution in [3.8, 4) is 0 Å². The molecule has 112 valence electrons. The fourth-order valence-corrected chi connectivity index (χ4v) is 2.15. The summed E-state index contributed by atoms with van der Waals surface area (Å²) in [5, 5.41) is 3.15. The van der Waals surface area contributed by atoms with Gasteiger partial charge in [0, 0.05) is 37.4 Å². The molecular formula is C14H17N3O4. The van der Waals surface area contributed by atoms with Crippen molar-refractivity contribution < 1.29 is 19.2 Å². The molecular weight excluding hydrogens is 274 g/mol. The number of carbonyl (C=O) groups is 4. The fourth-order valence-electron chi connectivity index (χ4n) is 2.15. The highest BCUT2D eigenvalue weighted by Gasteiger charge is 2.23. The average molecular weight is 291 g/mol. The lowest BCUT2D eigenvalue weighted by molar-refractivity contribution is -0.138. The van der Waals surface area contributed by atoms with Crippen molar-refractivity contribution in [3.05, 3.63) is 24.3 Å². The van der Waals surface area contributed by atoms with Gasteiger partial charge in [-0.25, -0.2) is 0 Å². The van der Waals surface area contributed by atoms with Crippen molar-refractivity contribution in [2.24, 2.45) is 0 Å². The SMILES string of the molecule is O=C1C=CC(=O)N1CCCNCCCN1C(=O)C=CC1=O. The third kappa shape index (κ3) is 3.85. The van der Waals surface area contributed by atoms with Gasteiger partial charge in [0.2, 0.25) is 0 Å². The molecule has 0 aromatic carbocycles. The van der Waals surface area contributed by atoms with E-state index in [1.54, 1.807) is 0 Å². The van der Waals surface area contributed by atoms with Gasteiger partial charge in [-0.05, 0) is 25.9 Å². The van der Waals surface area contributed by atoms with Crippen LogP contribution in [0.1, 0.15) is 12.8 Å². The number of imide groups is 2. The molecule has 7 nitrogen and oxygen atoms in total. The Labute approximate surface area is 122 Å². The third-order valence-corrected chi connectivity index (χ3v) is 3.27. The molecule has 0 saturated carbocycles. The number of nitrogens with one attached hydrogen (secondary N) is 1. The maximum atomic E-state index is 11.3. The highest BCUT2D eigenvalue weighted by atomic mass is 16.2. The summed E-state index contributed by atoms with van der Waals surface area (Å²) in [4.78, 5) is 47.5. The molecule has 0 radical (unpaired) electrons. The first-order valence-corrected chi connectivity index (χ1v) is 6.87. The average Bonchev–Trinajstić information content (AvgIpc) is 2.94. The normalized spacial score (nSPS) is 17.7. The number of hydrogen-bond donors (Lipinski definition) is 1. The molecule has 1 N–H and O–H groups in total. The molecule has 0 saturated heterocycles. The number of hydrogen-bond acceptors (Lipinski definition) is 5. The van der Waals surface area contributed by atoms with E-state index in [2.05, 4.69) is 5.32 Å². The third-order valence-electron chi connectivity index (χ3n) is 3.27. The lowest BCUT2D eigenvalue weighted by Crippen LogP contribution is -2.34. The summed E-state index contributed by atoms with van der Waals surface area (Å²) in [6, 6.07) is 0. The van der Waals surface area contributed by atoms with E-state index >= 15 is 0 Å². The second-order valence-corrected chi connectivity index (χ2v) is 4.78. The summed E-state index contributed by atoms with van der Waals surface area (Å²) in [5.74, 6) is -1.06. The molecule has 0 aliphatic carbocycles. The molecule has 0 atom stereocenters. The molecule has 0 aromatic heterocycles. The summed E-state index contributed by atoms with van der Waals surface area (Å²) in [7, 11) is 0. The predicted molar refractivity (Wildman–Crippen MR) is 73.8 cm³/mol. The minimum atomic E-state index is -0.265. The Morgan fingerprint density at radius 2 is 1.00 bits per heavy atom. The molecule has 0 unspecified atom stereocenters. The zero-order valence-electron chi connectivity index (χ0n) is 11.6. The first-order chi connectivity index (χ1) is 10.1. The molecule has 0 spiro atoms. The van der Waals surface area contributed by atoms with E-state index in [1.807, 2.05) is 0 Å². The molecule has 0 bridgehead atoms. The van der Waals surface area contributed by atoms with Crippen LogP contribution in [0.25, 0.3) is 0 Å². The van der Waals surface area contributed by atoms with E-state index in [0.717, 1.165) is 0 Å². The highest BCUT2D eigenvalue weighted by molar-refractivity contribution is 6.13. The summed E-state index contributed by atoms with van der Waals surface area (Å²) in [5.41, 5.74) is 0. The van der Waals surface area contributed by atoms with Gasteiger partial charge in [0.25, 0.3) is 23.6 Å². The van der Waals surface area contributed by atoms with Crippen LogP contribution in [0, 0.1) is 0 Å². The summed E-state index contributed by atoms with van der Waals surface area (Å²) in [6.07, 6.45) is 6.42. The predicted octanol–water partition coefficient (Wildman–Crippen LogP) is -0.794. The zero-order valence-corrected chi connectivity index (χ0v) is 11.6. The van der Waals surface area contributed by atoms with Crippen LogP contribution >= 0.6 is 0 Å². The van der Waals surface area contributed by atoms with Crippen LogP contribution < -0.4 is 5.32 Å². The topological polar surface area (TPSA) is 86.8 Å². The molecule has 4 amide bonds. The Balaban J connectivity index is 1.51. The van der Waals surface area contributed by atoms with E-state index in [9.17, 15) is 19.2 Å².